The topological polar surface area (TPSA) is 102 Å². The molecule has 0 atom stereocenters. The van der Waals surface area contributed by atoms with Crippen LogP contribution in [0.5, 0.6) is 17.2 Å². The van der Waals surface area contributed by atoms with Crippen molar-refractivity contribution in [1.82, 2.24) is 5.16 Å². The molecular weight excluding hydrogens is 346 g/mol. The van der Waals surface area contributed by atoms with Gasteiger partial charge in [-0.2, -0.15) is 0 Å². The van der Waals surface area contributed by atoms with Crippen molar-refractivity contribution in [2.75, 3.05) is 13.2 Å². The lowest BCUT2D eigenvalue weighted by molar-refractivity contribution is 0.0686. The Bertz CT molecular complexity index is 711. The molecule has 0 aliphatic carbocycles. The van der Waals surface area contributed by atoms with E-state index in [4.69, 9.17) is 19.1 Å². The minimum absolute atomic E-state index is 0.0907. The predicted octanol–water partition coefficient (Wildman–Crippen LogP) is 2.67. The number of carboxylic acid groups (broad SMARTS) is 1. The number of carboxylic acids is 1. The number of benzene rings is 1. The van der Waals surface area contributed by atoms with Gasteiger partial charge in [-0.15, -0.1) is 0 Å². The summed E-state index contributed by atoms with van der Waals surface area (Å²) in [5.41, 5.74) is -0.0473. The lowest BCUT2D eigenvalue weighted by Crippen LogP contribution is -1.98. The van der Waals surface area contributed by atoms with E-state index in [1.165, 1.54) is 6.07 Å². The van der Waals surface area contributed by atoms with Gasteiger partial charge in [-0.05, 0) is 15.9 Å². The Morgan fingerprint density at radius 3 is 2.76 bits per heavy atom. The van der Waals surface area contributed by atoms with Gasteiger partial charge in [0, 0.05) is 18.6 Å². The van der Waals surface area contributed by atoms with Gasteiger partial charge in [-0.3, -0.25) is 0 Å². The number of phenolic OH excluding ortho intramolecular Hbond substituents is 1. The Labute approximate surface area is 127 Å². The summed E-state index contributed by atoms with van der Waals surface area (Å²) in [6, 6.07) is 2.81. The molecule has 0 bridgehead atoms. The number of ether oxygens (including phenoxy) is 2. The SMILES string of the molecule is O=C(O)c1cc(-c2c(O)c(Br)cc3c2OCCCO3)on1. The number of fused-ring (bicyclic) bond motifs is 1. The molecule has 1 aliphatic heterocycles. The molecule has 0 spiro atoms. The summed E-state index contributed by atoms with van der Waals surface area (Å²) in [5.74, 6) is -0.509. The summed E-state index contributed by atoms with van der Waals surface area (Å²) in [5, 5.41) is 22.6. The molecule has 1 aliphatic rings. The van der Waals surface area contributed by atoms with Crippen LogP contribution in [0, 0.1) is 0 Å². The minimum atomic E-state index is -1.22. The van der Waals surface area contributed by atoms with E-state index >= 15 is 0 Å². The average Bonchev–Trinajstić information content (AvgIpc) is 2.82. The molecule has 3 rings (SSSR count). The quantitative estimate of drug-likeness (QED) is 0.853. The van der Waals surface area contributed by atoms with Crippen molar-refractivity contribution >= 4 is 21.9 Å². The van der Waals surface area contributed by atoms with Crippen LogP contribution in [0.15, 0.2) is 21.1 Å². The van der Waals surface area contributed by atoms with E-state index in [9.17, 15) is 9.90 Å². The first-order valence-corrected chi connectivity index (χ1v) is 6.88. The normalized spacial score (nSPS) is 13.8. The number of nitrogens with zero attached hydrogens (tertiary/aromatic N) is 1. The molecule has 8 heteroatoms. The maximum absolute atomic E-state index is 10.9. The van der Waals surface area contributed by atoms with Crippen LogP contribution in [0.25, 0.3) is 11.3 Å². The van der Waals surface area contributed by atoms with Gasteiger partial charge in [0.15, 0.2) is 23.0 Å². The van der Waals surface area contributed by atoms with Crippen LogP contribution >= 0.6 is 15.9 Å². The number of aromatic hydroxyl groups is 1. The number of halogens is 1. The van der Waals surface area contributed by atoms with Gasteiger partial charge in [0.1, 0.15) is 11.3 Å². The summed E-state index contributed by atoms with van der Waals surface area (Å²) < 4.78 is 16.5. The summed E-state index contributed by atoms with van der Waals surface area (Å²) >= 11 is 3.22. The first-order valence-electron chi connectivity index (χ1n) is 6.09. The minimum Gasteiger partial charge on any atom is -0.506 e. The van der Waals surface area contributed by atoms with Gasteiger partial charge in [-0.25, -0.2) is 4.79 Å². The lowest BCUT2D eigenvalue weighted by Gasteiger charge is -2.13. The van der Waals surface area contributed by atoms with E-state index in [1.54, 1.807) is 6.07 Å². The molecule has 2 aromatic rings. The zero-order valence-electron chi connectivity index (χ0n) is 10.6. The molecule has 1 aromatic carbocycles. The number of hydrogen-bond acceptors (Lipinski definition) is 6. The summed E-state index contributed by atoms with van der Waals surface area (Å²) in [6.45, 7) is 0.904. The van der Waals surface area contributed by atoms with Gasteiger partial charge < -0.3 is 24.2 Å². The third-order valence-electron chi connectivity index (χ3n) is 2.94. The Kier molecular flexibility index (Phi) is 3.46. The highest BCUT2D eigenvalue weighted by atomic mass is 79.9. The largest absolute Gasteiger partial charge is 0.506 e. The molecule has 0 fully saturated rings. The number of aromatic carboxylic acids is 1. The van der Waals surface area contributed by atoms with Gasteiger partial charge in [0.05, 0.1) is 17.7 Å². The first-order chi connectivity index (χ1) is 10.1. The van der Waals surface area contributed by atoms with Crippen molar-refractivity contribution in [2.24, 2.45) is 0 Å². The van der Waals surface area contributed by atoms with Crippen LogP contribution in [0.3, 0.4) is 0 Å². The second-order valence-corrected chi connectivity index (χ2v) is 5.20. The van der Waals surface area contributed by atoms with Crippen LogP contribution in [-0.4, -0.2) is 34.6 Å². The molecular formula is C13H10BrNO6. The second kappa shape index (κ2) is 5.28. The number of rotatable bonds is 2. The maximum atomic E-state index is 10.9. The van der Waals surface area contributed by atoms with E-state index < -0.39 is 5.97 Å². The van der Waals surface area contributed by atoms with E-state index in [0.29, 0.717) is 35.6 Å². The molecule has 110 valence electrons. The van der Waals surface area contributed by atoms with Crippen LogP contribution in [-0.2, 0) is 0 Å². The van der Waals surface area contributed by atoms with Crippen LogP contribution in [0.4, 0.5) is 0 Å². The van der Waals surface area contributed by atoms with Crippen molar-refractivity contribution < 1.29 is 29.0 Å². The Balaban J connectivity index is 2.19. The fraction of sp³-hybridized carbons (Fsp3) is 0.231. The number of hydrogen-bond donors (Lipinski definition) is 2. The summed E-state index contributed by atoms with van der Waals surface area (Å²) in [4.78, 5) is 10.9. The number of carbonyl (C=O) groups is 1. The Hall–Kier alpha value is -2.22. The lowest BCUT2D eigenvalue weighted by atomic mass is 10.1. The van der Waals surface area contributed by atoms with Crippen molar-refractivity contribution in [3.63, 3.8) is 0 Å². The highest BCUT2D eigenvalue weighted by Gasteiger charge is 2.26. The molecule has 0 radical (unpaired) electrons. The fourth-order valence-corrected chi connectivity index (χ4v) is 2.39. The van der Waals surface area contributed by atoms with E-state index in [1.807, 2.05) is 0 Å². The smallest absolute Gasteiger partial charge is 0.358 e. The average molecular weight is 356 g/mol. The standard InChI is InChI=1S/C13H10BrNO6/c14-6-4-9-12(20-3-1-2-19-9)10(11(6)16)8-5-7(13(17)18)15-21-8/h4-5,16H,1-3H2,(H,17,18). The highest BCUT2D eigenvalue weighted by Crippen LogP contribution is 2.49. The highest BCUT2D eigenvalue weighted by molar-refractivity contribution is 9.10. The molecule has 2 N–H and O–H groups in total. The third kappa shape index (κ3) is 2.42. The number of phenols is 1. The van der Waals surface area contributed by atoms with E-state index in [2.05, 4.69) is 21.1 Å². The zero-order valence-corrected chi connectivity index (χ0v) is 12.2. The first kappa shape index (κ1) is 13.7. The summed E-state index contributed by atoms with van der Waals surface area (Å²) in [7, 11) is 0. The molecule has 21 heavy (non-hydrogen) atoms. The van der Waals surface area contributed by atoms with Crippen LogP contribution in [0.1, 0.15) is 16.9 Å². The third-order valence-corrected chi connectivity index (χ3v) is 3.54. The van der Waals surface area contributed by atoms with Gasteiger partial charge >= 0.3 is 5.97 Å². The van der Waals surface area contributed by atoms with E-state index in [-0.39, 0.29) is 22.8 Å². The monoisotopic (exact) mass is 355 g/mol. The number of aromatic nitrogens is 1. The van der Waals surface area contributed by atoms with Crippen molar-refractivity contribution in [3.05, 3.63) is 22.3 Å². The molecule has 0 amide bonds. The Morgan fingerprint density at radius 1 is 1.29 bits per heavy atom. The Morgan fingerprint density at radius 2 is 2.05 bits per heavy atom. The summed E-state index contributed by atoms with van der Waals surface area (Å²) in [6.07, 6.45) is 0.698. The molecule has 2 heterocycles. The van der Waals surface area contributed by atoms with Crippen LogP contribution < -0.4 is 9.47 Å². The molecule has 1 aromatic heterocycles. The van der Waals surface area contributed by atoms with Gasteiger partial charge in [0.2, 0.25) is 0 Å². The van der Waals surface area contributed by atoms with Crippen molar-refractivity contribution in [2.45, 2.75) is 6.42 Å². The second-order valence-electron chi connectivity index (χ2n) is 4.34. The van der Waals surface area contributed by atoms with Gasteiger partial charge in [-0.1, -0.05) is 5.16 Å². The zero-order chi connectivity index (χ0) is 15.0. The van der Waals surface area contributed by atoms with E-state index in [0.717, 1.165) is 0 Å². The molecule has 0 saturated heterocycles. The molecule has 0 unspecified atom stereocenters. The fourth-order valence-electron chi connectivity index (χ4n) is 1.99. The van der Waals surface area contributed by atoms with Crippen molar-refractivity contribution in [3.8, 4) is 28.6 Å². The maximum Gasteiger partial charge on any atom is 0.358 e. The van der Waals surface area contributed by atoms with Crippen LogP contribution in [0.2, 0.25) is 0 Å². The molecule has 0 saturated carbocycles. The molecule has 7 nitrogen and oxygen atoms in total. The van der Waals surface area contributed by atoms with Crippen molar-refractivity contribution in [1.29, 1.82) is 0 Å². The van der Waals surface area contributed by atoms with Gasteiger partial charge in [0.25, 0.3) is 0 Å². The predicted molar refractivity (Wildman–Crippen MR) is 73.9 cm³/mol.